The van der Waals surface area contributed by atoms with Gasteiger partial charge in [0.1, 0.15) is 6.04 Å². The van der Waals surface area contributed by atoms with Crippen molar-refractivity contribution in [3.8, 4) is 0 Å². The highest BCUT2D eigenvalue weighted by atomic mass is 79.9. The lowest BCUT2D eigenvalue weighted by atomic mass is 10.0. The quantitative estimate of drug-likeness (QED) is 0.688. The fourth-order valence-corrected chi connectivity index (χ4v) is 2.95. The molecular weight excluding hydrogens is 427 g/mol. The second kappa shape index (κ2) is 9.03. The second-order valence-corrected chi connectivity index (χ2v) is 6.67. The Labute approximate surface area is 162 Å². The second-order valence-electron chi connectivity index (χ2n) is 5.81. The van der Waals surface area contributed by atoms with Crippen LogP contribution in [-0.2, 0) is 33.3 Å². The maximum Gasteiger partial charge on any atom is 0.416 e. The summed E-state index contributed by atoms with van der Waals surface area (Å²) < 4.78 is 43.8. The monoisotopic (exact) mass is 443 g/mol. The Balaban J connectivity index is 2.10. The average Bonchev–Trinajstić information content (AvgIpc) is 2.61. The van der Waals surface area contributed by atoms with E-state index in [0.29, 0.717) is 0 Å². The standard InChI is InChI=1S/C19H17BrF3NO3/c1-27-18(26)16(11-13-6-2-3-8-15(13)20)24-17(25)10-12-5-4-7-14(9-12)19(21,22)23/h2-9,16H,10-11H2,1H3,(H,24,25)/t16-/m0/s1. The Hall–Kier alpha value is -2.35. The van der Waals surface area contributed by atoms with Crippen molar-refractivity contribution in [1.29, 1.82) is 0 Å². The first kappa shape index (κ1) is 21.0. The van der Waals surface area contributed by atoms with E-state index in [1.165, 1.54) is 19.2 Å². The molecule has 0 bridgehead atoms. The summed E-state index contributed by atoms with van der Waals surface area (Å²) in [7, 11) is 1.20. The molecule has 2 aromatic rings. The predicted octanol–water partition coefficient (Wildman–Crippen LogP) is 3.91. The highest BCUT2D eigenvalue weighted by Crippen LogP contribution is 2.29. The summed E-state index contributed by atoms with van der Waals surface area (Å²) in [6.45, 7) is 0. The van der Waals surface area contributed by atoms with Crippen LogP contribution in [0, 0.1) is 0 Å². The van der Waals surface area contributed by atoms with Gasteiger partial charge in [-0.3, -0.25) is 4.79 Å². The van der Waals surface area contributed by atoms with Crippen LogP contribution in [0.4, 0.5) is 13.2 Å². The molecule has 0 saturated heterocycles. The van der Waals surface area contributed by atoms with E-state index in [2.05, 4.69) is 21.2 Å². The van der Waals surface area contributed by atoms with Crippen molar-refractivity contribution in [3.63, 3.8) is 0 Å². The van der Waals surface area contributed by atoms with Gasteiger partial charge in [0.15, 0.2) is 0 Å². The van der Waals surface area contributed by atoms with E-state index in [-0.39, 0.29) is 18.4 Å². The first-order valence-electron chi connectivity index (χ1n) is 7.97. The highest BCUT2D eigenvalue weighted by molar-refractivity contribution is 9.10. The number of methoxy groups -OCH3 is 1. The van der Waals surface area contributed by atoms with Gasteiger partial charge in [-0.1, -0.05) is 52.3 Å². The zero-order chi connectivity index (χ0) is 20.0. The first-order chi connectivity index (χ1) is 12.7. The molecule has 0 aromatic heterocycles. The minimum Gasteiger partial charge on any atom is -0.467 e. The van der Waals surface area contributed by atoms with Crippen LogP contribution in [-0.4, -0.2) is 25.0 Å². The van der Waals surface area contributed by atoms with E-state index in [1.54, 1.807) is 18.2 Å². The zero-order valence-electron chi connectivity index (χ0n) is 14.3. The summed E-state index contributed by atoms with van der Waals surface area (Å²) in [6, 6.07) is 10.8. The van der Waals surface area contributed by atoms with Gasteiger partial charge in [-0.05, 0) is 23.3 Å². The molecular formula is C19H17BrF3NO3. The molecule has 144 valence electrons. The molecule has 2 rings (SSSR count). The maximum atomic E-state index is 12.8. The molecule has 0 unspecified atom stereocenters. The minimum absolute atomic E-state index is 0.183. The third-order valence-corrected chi connectivity index (χ3v) is 4.60. The predicted molar refractivity (Wildman–Crippen MR) is 96.9 cm³/mol. The summed E-state index contributed by atoms with van der Waals surface area (Å²) in [5.41, 5.74) is 0.157. The third kappa shape index (κ3) is 6.09. The number of halogens is 4. The fourth-order valence-electron chi connectivity index (χ4n) is 2.51. The van der Waals surface area contributed by atoms with E-state index in [9.17, 15) is 22.8 Å². The molecule has 1 N–H and O–H groups in total. The fraction of sp³-hybridized carbons (Fsp3) is 0.263. The molecule has 2 aromatic carbocycles. The molecule has 0 spiro atoms. The number of hydrogen-bond acceptors (Lipinski definition) is 3. The summed E-state index contributed by atoms with van der Waals surface area (Å²) >= 11 is 3.37. The Morgan fingerprint density at radius 3 is 2.48 bits per heavy atom. The van der Waals surface area contributed by atoms with Crippen LogP contribution in [0.1, 0.15) is 16.7 Å². The summed E-state index contributed by atoms with van der Waals surface area (Å²) in [6.07, 6.45) is -4.59. The molecule has 0 fully saturated rings. The molecule has 1 amide bonds. The number of carbonyl (C=O) groups is 2. The van der Waals surface area contributed by atoms with Gasteiger partial charge in [0, 0.05) is 10.9 Å². The van der Waals surface area contributed by atoms with Crippen LogP contribution in [0.5, 0.6) is 0 Å². The van der Waals surface area contributed by atoms with Crippen LogP contribution in [0.15, 0.2) is 53.0 Å². The largest absolute Gasteiger partial charge is 0.467 e. The molecule has 1 atom stereocenters. The van der Waals surface area contributed by atoms with Crippen molar-refractivity contribution in [2.45, 2.75) is 25.1 Å². The molecule has 0 heterocycles. The van der Waals surface area contributed by atoms with Crippen molar-refractivity contribution in [2.24, 2.45) is 0 Å². The number of esters is 1. The molecule has 0 radical (unpaired) electrons. The first-order valence-corrected chi connectivity index (χ1v) is 8.76. The van der Waals surface area contributed by atoms with Gasteiger partial charge in [0.2, 0.25) is 5.91 Å². The number of amides is 1. The zero-order valence-corrected chi connectivity index (χ0v) is 15.9. The SMILES string of the molecule is COC(=O)[C@H](Cc1ccccc1Br)NC(=O)Cc1cccc(C(F)(F)F)c1. The number of nitrogens with one attached hydrogen (secondary N) is 1. The summed E-state index contributed by atoms with van der Waals surface area (Å²) in [5, 5.41) is 2.53. The normalized spacial score (nSPS) is 12.3. The number of carbonyl (C=O) groups excluding carboxylic acids is 2. The summed E-state index contributed by atoms with van der Waals surface area (Å²) in [5.74, 6) is -1.21. The van der Waals surface area contributed by atoms with Gasteiger partial charge in [-0.25, -0.2) is 4.79 Å². The molecule has 0 aliphatic rings. The van der Waals surface area contributed by atoms with Gasteiger partial charge in [-0.15, -0.1) is 0 Å². The lowest BCUT2D eigenvalue weighted by Gasteiger charge is -2.17. The Morgan fingerprint density at radius 1 is 1.15 bits per heavy atom. The van der Waals surface area contributed by atoms with Crippen molar-refractivity contribution >= 4 is 27.8 Å². The van der Waals surface area contributed by atoms with Crippen LogP contribution in [0.25, 0.3) is 0 Å². The number of rotatable bonds is 6. The van der Waals surface area contributed by atoms with Gasteiger partial charge < -0.3 is 10.1 Å². The minimum atomic E-state index is -4.49. The van der Waals surface area contributed by atoms with E-state index in [1.807, 2.05) is 6.07 Å². The topological polar surface area (TPSA) is 55.4 Å². The molecule has 0 saturated carbocycles. The third-order valence-electron chi connectivity index (χ3n) is 3.82. The molecule has 8 heteroatoms. The number of benzene rings is 2. The van der Waals surface area contributed by atoms with E-state index in [4.69, 9.17) is 4.74 Å². The smallest absolute Gasteiger partial charge is 0.416 e. The average molecular weight is 444 g/mol. The molecule has 4 nitrogen and oxygen atoms in total. The molecule has 27 heavy (non-hydrogen) atoms. The van der Waals surface area contributed by atoms with Crippen molar-refractivity contribution in [3.05, 3.63) is 69.7 Å². The highest BCUT2D eigenvalue weighted by Gasteiger charge is 2.30. The lowest BCUT2D eigenvalue weighted by molar-refractivity contribution is -0.145. The van der Waals surface area contributed by atoms with Crippen LogP contribution < -0.4 is 5.32 Å². The van der Waals surface area contributed by atoms with Crippen molar-refractivity contribution in [2.75, 3.05) is 7.11 Å². The number of hydrogen-bond donors (Lipinski definition) is 1. The number of ether oxygens (including phenoxy) is 1. The molecule has 0 aliphatic heterocycles. The van der Waals surface area contributed by atoms with E-state index < -0.39 is 29.7 Å². The molecule has 0 aliphatic carbocycles. The van der Waals surface area contributed by atoms with Crippen LogP contribution in [0.2, 0.25) is 0 Å². The van der Waals surface area contributed by atoms with Gasteiger partial charge >= 0.3 is 12.1 Å². The Morgan fingerprint density at radius 2 is 1.85 bits per heavy atom. The van der Waals surface area contributed by atoms with Crippen LogP contribution >= 0.6 is 15.9 Å². The van der Waals surface area contributed by atoms with Gasteiger partial charge in [0.05, 0.1) is 19.1 Å². The number of alkyl halides is 3. The van der Waals surface area contributed by atoms with Crippen molar-refractivity contribution in [1.82, 2.24) is 5.32 Å². The lowest BCUT2D eigenvalue weighted by Crippen LogP contribution is -2.43. The Kier molecular flexibility index (Phi) is 7.01. The van der Waals surface area contributed by atoms with Gasteiger partial charge in [0.25, 0.3) is 0 Å². The van der Waals surface area contributed by atoms with E-state index in [0.717, 1.165) is 22.2 Å². The Bertz CT molecular complexity index is 824. The van der Waals surface area contributed by atoms with Gasteiger partial charge in [-0.2, -0.15) is 13.2 Å². The van der Waals surface area contributed by atoms with Crippen LogP contribution in [0.3, 0.4) is 0 Å². The summed E-state index contributed by atoms with van der Waals surface area (Å²) in [4.78, 5) is 24.3. The maximum absolute atomic E-state index is 12.8. The van der Waals surface area contributed by atoms with Crippen molar-refractivity contribution < 1.29 is 27.5 Å². The van der Waals surface area contributed by atoms with E-state index >= 15 is 0 Å².